The van der Waals surface area contributed by atoms with E-state index in [1.54, 1.807) is 35.6 Å². The molecule has 0 saturated heterocycles. The van der Waals surface area contributed by atoms with Crippen molar-refractivity contribution in [2.75, 3.05) is 11.9 Å². The first kappa shape index (κ1) is 19.8. The lowest BCUT2D eigenvalue weighted by Gasteiger charge is -2.09. The molecule has 5 aromatic rings. The standard InChI is InChI=1S/C25H19N3O3S/c29-24(17-30-20-10-12-22(13-11-20)31-21-4-2-1-3-5-21)26-19-8-6-18(7-9-19)23-16-28-14-15-32-25(28)27-23/h1-16H,17H2,(H,26,29). The van der Waals surface area contributed by atoms with Crippen LogP contribution in [-0.2, 0) is 4.79 Å². The first-order chi connectivity index (χ1) is 15.7. The number of fused-ring (bicyclic) bond motifs is 1. The molecule has 0 spiro atoms. The fourth-order valence-corrected chi connectivity index (χ4v) is 3.87. The van der Waals surface area contributed by atoms with Crippen LogP contribution in [0.25, 0.3) is 16.2 Å². The van der Waals surface area contributed by atoms with Gasteiger partial charge in [0.25, 0.3) is 5.91 Å². The summed E-state index contributed by atoms with van der Waals surface area (Å²) in [5.41, 5.74) is 2.60. The Morgan fingerprint density at radius 2 is 1.62 bits per heavy atom. The molecular weight excluding hydrogens is 422 g/mol. The third kappa shape index (κ3) is 4.63. The van der Waals surface area contributed by atoms with E-state index in [0.29, 0.717) is 17.2 Å². The summed E-state index contributed by atoms with van der Waals surface area (Å²) < 4.78 is 13.3. The number of hydrogen-bond acceptors (Lipinski definition) is 5. The summed E-state index contributed by atoms with van der Waals surface area (Å²) in [4.78, 5) is 17.8. The number of nitrogens with one attached hydrogen (secondary N) is 1. The van der Waals surface area contributed by atoms with E-state index >= 15 is 0 Å². The van der Waals surface area contributed by atoms with Crippen LogP contribution in [0, 0.1) is 0 Å². The number of nitrogens with zero attached hydrogens (tertiary/aromatic N) is 2. The smallest absolute Gasteiger partial charge is 0.262 e. The zero-order valence-electron chi connectivity index (χ0n) is 17.0. The summed E-state index contributed by atoms with van der Waals surface area (Å²) in [6, 6.07) is 24.3. The molecule has 0 saturated carbocycles. The van der Waals surface area contributed by atoms with Gasteiger partial charge in [0.1, 0.15) is 17.2 Å². The molecule has 32 heavy (non-hydrogen) atoms. The van der Waals surface area contributed by atoms with E-state index in [1.165, 1.54) is 0 Å². The molecule has 1 N–H and O–H groups in total. The molecule has 3 aromatic carbocycles. The number of anilines is 1. The number of aromatic nitrogens is 2. The highest BCUT2D eigenvalue weighted by molar-refractivity contribution is 7.15. The van der Waals surface area contributed by atoms with Gasteiger partial charge >= 0.3 is 0 Å². The molecule has 7 heteroatoms. The Morgan fingerprint density at radius 1 is 0.906 bits per heavy atom. The number of carbonyl (C=O) groups excluding carboxylic acids is 1. The van der Waals surface area contributed by atoms with E-state index in [1.807, 2.05) is 76.8 Å². The molecule has 2 aromatic heterocycles. The van der Waals surface area contributed by atoms with E-state index < -0.39 is 0 Å². The third-order valence-corrected chi connectivity index (χ3v) is 5.50. The van der Waals surface area contributed by atoms with Crippen LogP contribution in [0.3, 0.4) is 0 Å². The number of ether oxygens (including phenoxy) is 2. The lowest BCUT2D eigenvalue weighted by atomic mass is 10.1. The van der Waals surface area contributed by atoms with Crippen LogP contribution in [-0.4, -0.2) is 21.9 Å². The van der Waals surface area contributed by atoms with Crippen LogP contribution in [0.1, 0.15) is 0 Å². The van der Waals surface area contributed by atoms with Crippen molar-refractivity contribution in [3.63, 3.8) is 0 Å². The van der Waals surface area contributed by atoms with Gasteiger partial charge in [-0.1, -0.05) is 30.3 Å². The molecule has 1 amide bonds. The molecule has 0 bridgehead atoms. The fourth-order valence-electron chi connectivity index (χ4n) is 3.17. The van der Waals surface area contributed by atoms with Gasteiger partial charge in [-0.25, -0.2) is 4.98 Å². The van der Waals surface area contributed by atoms with Gasteiger partial charge in [-0.3, -0.25) is 9.20 Å². The van der Waals surface area contributed by atoms with Crippen LogP contribution in [0.4, 0.5) is 5.69 Å². The Morgan fingerprint density at radius 3 is 2.38 bits per heavy atom. The number of imidazole rings is 1. The Bertz CT molecular complexity index is 1300. The van der Waals surface area contributed by atoms with Crippen molar-refractivity contribution in [2.45, 2.75) is 0 Å². The van der Waals surface area contributed by atoms with Gasteiger partial charge in [-0.15, -0.1) is 11.3 Å². The van der Waals surface area contributed by atoms with Gasteiger partial charge in [0.2, 0.25) is 0 Å². The topological polar surface area (TPSA) is 64.9 Å². The lowest BCUT2D eigenvalue weighted by molar-refractivity contribution is -0.118. The number of para-hydroxylation sites is 1. The predicted octanol–water partition coefficient (Wildman–Crippen LogP) is 5.87. The average Bonchev–Trinajstić information content (AvgIpc) is 3.43. The molecule has 0 fully saturated rings. The molecule has 2 heterocycles. The van der Waals surface area contributed by atoms with Gasteiger partial charge in [0, 0.05) is 29.0 Å². The average molecular weight is 442 g/mol. The van der Waals surface area contributed by atoms with Crippen molar-refractivity contribution >= 4 is 27.9 Å². The highest BCUT2D eigenvalue weighted by Crippen LogP contribution is 2.24. The van der Waals surface area contributed by atoms with E-state index in [-0.39, 0.29) is 12.5 Å². The second kappa shape index (κ2) is 8.95. The molecule has 158 valence electrons. The minimum Gasteiger partial charge on any atom is -0.484 e. The number of carbonyl (C=O) groups is 1. The van der Waals surface area contributed by atoms with Crippen LogP contribution in [0.5, 0.6) is 17.2 Å². The number of hydrogen-bond donors (Lipinski definition) is 1. The molecule has 5 rings (SSSR count). The first-order valence-electron chi connectivity index (χ1n) is 10.0. The van der Waals surface area contributed by atoms with Crippen molar-refractivity contribution < 1.29 is 14.3 Å². The zero-order chi connectivity index (χ0) is 21.8. The summed E-state index contributed by atoms with van der Waals surface area (Å²) in [6.07, 6.45) is 3.97. The van der Waals surface area contributed by atoms with E-state index in [0.717, 1.165) is 22.0 Å². The molecular formula is C25H19N3O3S. The van der Waals surface area contributed by atoms with Crippen molar-refractivity contribution in [3.05, 3.63) is 96.6 Å². The van der Waals surface area contributed by atoms with Crippen molar-refractivity contribution in [3.8, 4) is 28.5 Å². The predicted molar refractivity (Wildman–Crippen MR) is 126 cm³/mol. The molecule has 6 nitrogen and oxygen atoms in total. The normalized spacial score (nSPS) is 10.8. The van der Waals surface area contributed by atoms with Crippen LogP contribution < -0.4 is 14.8 Å². The molecule has 0 aliphatic carbocycles. The van der Waals surface area contributed by atoms with Gasteiger partial charge in [0.15, 0.2) is 11.6 Å². The number of amides is 1. The van der Waals surface area contributed by atoms with E-state index in [2.05, 4.69) is 10.3 Å². The lowest BCUT2D eigenvalue weighted by Crippen LogP contribution is -2.20. The summed E-state index contributed by atoms with van der Waals surface area (Å²) in [7, 11) is 0. The summed E-state index contributed by atoms with van der Waals surface area (Å²) in [5.74, 6) is 1.82. The molecule has 0 aliphatic rings. The minimum absolute atomic E-state index is 0.0854. The Balaban J connectivity index is 1.13. The molecule has 0 aliphatic heterocycles. The Kier molecular flexibility index (Phi) is 5.55. The zero-order valence-corrected chi connectivity index (χ0v) is 17.8. The molecule has 0 unspecified atom stereocenters. The van der Waals surface area contributed by atoms with Crippen molar-refractivity contribution in [1.82, 2.24) is 9.38 Å². The van der Waals surface area contributed by atoms with E-state index in [4.69, 9.17) is 9.47 Å². The molecule has 0 radical (unpaired) electrons. The monoisotopic (exact) mass is 441 g/mol. The minimum atomic E-state index is -0.232. The largest absolute Gasteiger partial charge is 0.484 e. The van der Waals surface area contributed by atoms with Gasteiger partial charge in [-0.05, 0) is 48.5 Å². The van der Waals surface area contributed by atoms with Crippen LogP contribution in [0.15, 0.2) is 96.6 Å². The van der Waals surface area contributed by atoms with Crippen LogP contribution in [0.2, 0.25) is 0 Å². The SMILES string of the molecule is O=C(COc1ccc(Oc2ccccc2)cc1)Nc1ccc(-c2cn3ccsc3n2)cc1. The van der Waals surface area contributed by atoms with Gasteiger partial charge in [-0.2, -0.15) is 0 Å². The quantitative estimate of drug-likeness (QED) is 0.343. The maximum absolute atomic E-state index is 12.3. The Labute approximate surface area is 188 Å². The summed E-state index contributed by atoms with van der Waals surface area (Å²) in [6.45, 7) is -0.0854. The number of rotatable bonds is 7. The van der Waals surface area contributed by atoms with Crippen molar-refractivity contribution in [1.29, 1.82) is 0 Å². The highest BCUT2D eigenvalue weighted by Gasteiger charge is 2.07. The third-order valence-electron chi connectivity index (χ3n) is 4.73. The van der Waals surface area contributed by atoms with Gasteiger partial charge in [0.05, 0.1) is 5.69 Å². The maximum atomic E-state index is 12.3. The number of benzene rings is 3. The Hall–Kier alpha value is -4.10. The maximum Gasteiger partial charge on any atom is 0.262 e. The van der Waals surface area contributed by atoms with Gasteiger partial charge < -0.3 is 14.8 Å². The number of thiazole rings is 1. The second-order valence-electron chi connectivity index (χ2n) is 7.02. The fraction of sp³-hybridized carbons (Fsp3) is 0.0400. The highest BCUT2D eigenvalue weighted by atomic mass is 32.1. The van der Waals surface area contributed by atoms with Crippen LogP contribution >= 0.6 is 11.3 Å². The van der Waals surface area contributed by atoms with E-state index in [9.17, 15) is 4.79 Å². The second-order valence-corrected chi connectivity index (χ2v) is 7.89. The van der Waals surface area contributed by atoms with Crippen molar-refractivity contribution in [2.24, 2.45) is 0 Å². The summed E-state index contributed by atoms with van der Waals surface area (Å²) >= 11 is 1.59. The summed E-state index contributed by atoms with van der Waals surface area (Å²) in [5, 5.41) is 4.84. The molecule has 0 atom stereocenters. The first-order valence-corrected chi connectivity index (χ1v) is 10.9.